The highest BCUT2D eigenvalue weighted by molar-refractivity contribution is 6.22. The van der Waals surface area contributed by atoms with Crippen LogP contribution >= 0.6 is 0 Å². The van der Waals surface area contributed by atoms with E-state index in [1.807, 2.05) is 0 Å². The van der Waals surface area contributed by atoms with Crippen LogP contribution in [0, 0.1) is 0 Å². The molecule has 10 rings (SSSR count). The van der Waals surface area contributed by atoms with Crippen molar-refractivity contribution in [2.45, 2.75) is 25.7 Å². The van der Waals surface area contributed by atoms with Crippen LogP contribution in [0.5, 0.6) is 0 Å². The summed E-state index contributed by atoms with van der Waals surface area (Å²) in [5.74, 6) is 0. The van der Waals surface area contributed by atoms with Gasteiger partial charge in [-0.15, -0.1) is 0 Å². The normalized spacial score (nSPS) is 12.9. The van der Waals surface area contributed by atoms with Gasteiger partial charge in [0, 0.05) is 0 Å². The van der Waals surface area contributed by atoms with Crippen LogP contribution in [-0.4, -0.2) is 0 Å². The minimum atomic E-state index is 1.12. The van der Waals surface area contributed by atoms with E-state index in [4.69, 9.17) is 0 Å². The zero-order valence-corrected chi connectivity index (χ0v) is 28.0. The van der Waals surface area contributed by atoms with Gasteiger partial charge < -0.3 is 0 Å². The molecule has 0 unspecified atom stereocenters. The smallest absolute Gasteiger partial charge is 0.00238 e. The predicted molar refractivity (Wildman–Crippen MR) is 215 cm³/mol. The third-order valence-electron chi connectivity index (χ3n) is 11.0. The van der Waals surface area contributed by atoms with Crippen LogP contribution in [0.2, 0.25) is 0 Å². The third kappa shape index (κ3) is 4.60. The molecule has 9 aromatic rings. The van der Waals surface area contributed by atoms with Crippen LogP contribution in [0.3, 0.4) is 0 Å². The van der Waals surface area contributed by atoms with Gasteiger partial charge in [0.25, 0.3) is 0 Å². The molecule has 0 spiro atoms. The van der Waals surface area contributed by atoms with E-state index >= 15 is 0 Å². The third-order valence-corrected chi connectivity index (χ3v) is 11.0. The van der Waals surface area contributed by atoms with Gasteiger partial charge in [0.1, 0.15) is 0 Å². The summed E-state index contributed by atoms with van der Waals surface area (Å²) in [7, 11) is 0. The van der Waals surface area contributed by atoms with Crippen molar-refractivity contribution in [3.8, 4) is 44.5 Å². The molecule has 0 saturated carbocycles. The minimum absolute atomic E-state index is 1.12. The molecule has 0 N–H and O–H groups in total. The van der Waals surface area contributed by atoms with Crippen molar-refractivity contribution < 1.29 is 0 Å². The van der Waals surface area contributed by atoms with Gasteiger partial charge in [0.15, 0.2) is 0 Å². The fraction of sp³-hybridized carbons (Fsp3) is 0.0800. The first-order valence-electron chi connectivity index (χ1n) is 18.0. The molecule has 0 heteroatoms. The maximum Gasteiger partial charge on any atom is -0.00238 e. The van der Waals surface area contributed by atoms with E-state index in [0.717, 1.165) is 12.8 Å². The quantitative estimate of drug-likeness (QED) is 0.169. The van der Waals surface area contributed by atoms with Crippen molar-refractivity contribution in [1.29, 1.82) is 0 Å². The number of aryl methyl sites for hydroxylation is 1. The number of hydrogen-bond donors (Lipinski definition) is 0. The summed E-state index contributed by atoms with van der Waals surface area (Å²) in [5, 5.41) is 10.5. The van der Waals surface area contributed by atoms with Gasteiger partial charge in [-0.2, -0.15) is 0 Å². The minimum Gasteiger partial charge on any atom is -0.0622 e. The average molecular weight is 637 g/mol. The fourth-order valence-electron chi connectivity index (χ4n) is 8.88. The highest BCUT2D eigenvalue weighted by Crippen LogP contribution is 2.48. The molecule has 9 aromatic carbocycles. The molecule has 1 aliphatic rings. The van der Waals surface area contributed by atoms with Gasteiger partial charge in [-0.05, 0) is 137 Å². The van der Waals surface area contributed by atoms with E-state index in [1.165, 1.54) is 106 Å². The van der Waals surface area contributed by atoms with Crippen LogP contribution in [0.1, 0.15) is 24.0 Å². The van der Waals surface area contributed by atoms with Crippen molar-refractivity contribution >= 4 is 43.1 Å². The van der Waals surface area contributed by atoms with Crippen LogP contribution < -0.4 is 0 Å². The number of benzene rings is 9. The zero-order valence-electron chi connectivity index (χ0n) is 28.0. The molecule has 0 heterocycles. The van der Waals surface area contributed by atoms with Crippen molar-refractivity contribution in [1.82, 2.24) is 0 Å². The Morgan fingerprint density at radius 3 is 1.36 bits per heavy atom. The van der Waals surface area contributed by atoms with E-state index < -0.39 is 0 Å². The maximum atomic E-state index is 2.48. The summed E-state index contributed by atoms with van der Waals surface area (Å²) in [4.78, 5) is 0. The second-order valence-corrected chi connectivity index (χ2v) is 13.8. The van der Waals surface area contributed by atoms with Crippen LogP contribution in [-0.2, 0) is 12.8 Å². The SMILES string of the molecule is c1ccc(-c2c(-c3cccc(-c4c5ccccc5c(-c5ccc6ccccc6c5)c5ccccc45)c3)c3c(c4ccccc24)CCCC3)cc1. The number of fused-ring (bicyclic) bond motifs is 6. The molecule has 0 nitrogen and oxygen atoms in total. The van der Waals surface area contributed by atoms with Gasteiger partial charge in [-0.25, -0.2) is 0 Å². The summed E-state index contributed by atoms with van der Waals surface area (Å²) in [6.45, 7) is 0. The van der Waals surface area contributed by atoms with E-state index in [0.29, 0.717) is 0 Å². The largest absolute Gasteiger partial charge is 0.0622 e. The Morgan fingerprint density at radius 1 is 0.260 bits per heavy atom. The Hall–Kier alpha value is -5.98. The molecule has 0 saturated heterocycles. The van der Waals surface area contributed by atoms with Gasteiger partial charge in [0.2, 0.25) is 0 Å². The second-order valence-electron chi connectivity index (χ2n) is 13.8. The van der Waals surface area contributed by atoms with Crippen molar-refractivity contribution in [3.05, 3.63) is 181 Å². The lowest BCUT2D eigenvalue weighted by atomic mass is 9.77. The lowest BCUT2D eigenvalue weighted by Crippen LogP contribution is -2.07. The number of rotatable bonds is 4. The molecule has 50 heavy (non-hydrogen) atoms. The van der Waals surface area contributed by atoms with E-state index in [1.54, 1.807) is 5.56 Å². The Labute approximate surface area is 293 Å². The number of hydrogen-bond acceptors (Lipinski definition) is 0. The Bertz CT molecular complexity index is 2690. The van der Waals surface area contributed by atoms with Crippen molar-refractivity contribution in [3.63, 3.8) is 0 Å². The van der Waals surface area contributed by atoms with Crippen LogP contribution in [0.4, 0.5) is 0 Å². The Morgan fingerprint density at radius 2 is 0.720 bits per heavy atom. The maximum absolute atomic E-state index is 2.48. The molecule has 1 aliphatic carbocycles. The fourth-order valence-corrected chi connectivity index (χ4v) is 8.88. The first-order valence-corrected chi connectivity index (χ1v) is 18.0. The lowest BCUT2D eigenvalue weighted by Gasteiger charge is -2.26. The van der Waals surface area contributed by atoms with Crippen molar-refractivity contribution in [2.75, 3.05) is 0 Å². The Balaban J connectivity index is 1.26. The molecule has 0 aliphatic heterocycles. The molecule has 0 fully saturated rings. The topological polar surface area (TPSA) is 0 Å². The molecule has 0 bridgehead atoms. The summed E-state index contributed by atoms with van der Waals surface area (Å²) >= 11 is 0. The lowest BCUT2D eigenvalue weighted by molar-refractivity contribution is 0.691. The second kappa shape index (κ2) is 11.9. The molecule has 0 radical (unpaired) electrons. The molecule has 0 aromatic heterocycles. The Kier molecular flexibility index (Phi) is 6.88. The summed E-state index contributed by atoms with van der Waals surface area (Å²) in [6.07, 6.45) is 4.75. The summed E-state index contributed by atoms with van der Waals surface area (Å²) in [6, 6.07) is 63.2. The first kappa shape index (κ1) is 29.0. The van der Waals surface area contributed by atoms with Gasteiger partial charge in [0.05, 0.1) is 0 Å². The van der Waals surface area contributed by atoms with Crippen LogP contribution in [0.25, 0.3) is 87.6 Å². The molecule has 0 atom stereocenters. The predicted octanol–water partition coefficient (Wildman–Crippen LogP) is 13.8. The van der Waals surface area contributed by atoms with Crippen LogP contribution in [0.15, 0.2) is 170 Å². The molecule has 0 amide bonds. The standard InChI is InChI=1S/C50H36/c1-2-16-34(17-3-1)49-41-23-8-6-21-39(41)40-22-7-9-24-42(40)50(49)37-20-14-19-36(32-37)47-43-25-10-12-27-45(43)48(46-28-13-11-26-44(46)47)38-30-29-33-15-4-5-18-35(33)31-38/h1-6,8,10-21,23,25-32H,7,9,22,24H2. The summed E-state index contributed by atoms with van der Waals surface area (Å²) < 4.78 is 0. The molecular formula is C50H36. The van der Waals surface area contributed by atoms with Gasteiger partial charge in [-0.3, -0.25) is 0 Å². The van der Waals surface area contributed by atoms with Gasteiger partial charge >= 0.3 is 0 Å². The first-order chi connectivity index (χ1) is 24.8. The zero-order chi connectivity index (χ0) is 33.0. The van der Waals surface area contributed by atoms with E-state index in [9.17, 15) is 0 Å². The average Bonchev–Trinajstić information content (AvgIpc) is 3.19. The monoisotopic (exact) mass is 636 g/mol. The highest BCUT2D eigenvalue weighted by Gasteiger charge is 2.24. The molecular weight excluding hydrogens is 601 g/mol. The van der Waals surface area contributed by atoms with Gasteiger partial charge in [-0.1, -0.05) is 158 Å². The molecule has 236 valence electrons. The van der Waals surface area contributed by atoms with E-state index in [2.05, 4.69) is 170 Å². The highest BCUT2D eigenvalue weighted by atomic mass is 14.3. The van der Waals surface area contributed by atoms with E-state index in [-0.39, 0.29) is 0 Å². The summed E-state index contributed by atoms with van der Waals surface area (Å²) in [5.41, 5.74) is 13.6. The van der Waals surface area contributed by atoms with Crippen molar-refractivity contribution in [2.24, 2.45) is 0 Å².